The first-order chi connectivity index (χ1) is 21.1. The Kier molecular flexibility index (Phi) is 8.78. The normalized spacial score (nSPS) is 18.4. The fourth-order valence-electron chi connectivity index (χ4n) is 6.15. The van der Waals surface area contributed by atoms with Gasteiger partial charge in [0.05, 0.1) is 50.2 Å². The van der Waals surface area contributed by atoms with Crippen molar-refractivity contribution in [2.75, 3.05) is 71.6 Å². The third-order valence-corrected chi connectivity index (χ3v) is 8.46. The number of aromatic nitrogens is 2. The summed E-state index contributed by atoms with van der Waals surface area (Å²) in [5, 5.41) is 0.969. The van der Waals surface area contributed by atoms with E-state index < -0.39 is 0 Å². The lowest BCUT2D eigenvalue weighted by atomic mass is 10.1. The number of amides is 1. The predicted molar refractivity (Wildman–Crippen MR) is 166 cm³/mol. The van der Waals surface area contributed by atoms with Crippen molar-refractivity contribution in [3.8, 4) is 23.0 Å². The highest BCUT2D eigenvalue weighted by molar-refractivity contribution is 6.03. The maximum Gasteiger partial charge on any atom is 0.256 e. The van der Waals surface area contributed by atoms with E-state index >= 15 is 0 Å². The maximum absolute atomic E-state index is 13.1. The second-order valence-electron chi connectivity index (χ2n) is 11.0. The molecule has 2 saturated heterocycles. The van der Waals surface area contributed by atoms with Gasteiger partial charge in [-0.2, -0.15) is 0 Å². The quantitative estimate of drug-likeness (QED) is 0.303. The Bertz CT molecular complexity index is 1490. The van der Waals surface area contributed by atoms with Crippen molar-refractivity contribution in [3.63, 3.8) is 0 Å². The van der Waals surface area contributed by atoms with Crippen LogP contribution in [0.3, 0.4) is 0 Å². The Morgan fingerprint density at radius 1 is 0.884 bits per heavy atom. The fourth-order valence-corrected chi connectivity index (χ4v) is 6.15. The van der Waals surface area contributed by atoms with Crippen LogP contribution >= 0.6 is 0 Å². The van der Waals surface area contributed by atoms with Crippen molar-refractivity contribution in [2.24, 2.45) is 4.99 Å². The van der Waals surface area contributed by atoms with Gasteiger partial charge in [0.15, 0.2) is 23.0 Å². The van der Waals surface area contributed by atoms with E-state index in [4.69, 9.17) is 18.9 Å². The first-order valence-electron chi connectivity index (χ1n) is 15.2. The molecule has 0 radical (unpaired) electrons. The summed E-state index contributed by atoms with van der Waals surface area (Å²) in [6.45, 7) is 8.57. The van der Waals surface area contributed by atoms with Crippen LogP contribution in [0, 0.1) is 0 Å². The third-order valence-electron chi connectivity index (χ3n) is 8.46. The van der Waals surface area contributed by atoms with Gasteiger partial charge in [0.2, 0.25) is 0 Å². The standard InChI is InChI=1S/C32H40N6O5/c1-4-42-29-18-25-23(16-27(29)40-2)31(35-21-34-25)37-13-11-36(12-14-37)9-5-6-15-43-30-19-26-24(17-28(30)41-3)32(39)38-10-7-8-22(38)20-33-26/h16-22H,4-15H2,1-3H3/t22-/m0/s1. The molecule has 0 N–H and O–H groups in total. The first kappa shape index (κ1) is 29.0. The Balaban J connectivity index is 1.00. The van der Waals surface area contributed by atoms with Gasteiger partial charge >= 0.3 is 0 Å². The summed E-state index contributed by atoms with van der Waals surface area (Å²) in [7, 11) is 3.26. The zero-order chi connectivity index (χ0) is 29.8. The van der Waals surface area contributed by atoms with Crippen molar-refractivity contribution in [1.82, 2.24) is 19.8 Å². The molecule has 0 spiro atoms. The van der Waals surface area contributed by atoms with E-state index in [1.54, 1.807) is 26.6 Å². The van der Waals surface area contributed by atoms with Gasteiger partial charge in [0, 0.05) is 56.5 Å². The van der Waals surface area contributed by atoms with Gasteiger partial charge in [-0.05, 0) is 51.3 Å². The molecule has 3 aromatic rings. The number of unbranched alkanes of at least 4 members (excludes halogenated alkanes) is 1. The molecule has 11 nitrogen and oxygen atoms in total. The number of ether oxygens (including phenoxy) is 4. The van der Waals surface area contributed by atoms with E-state index in [1.807, 2.05) is 36.2 Å². The second kappa shape index (κ2) is 13.0. The highest BCUT2D eigenvalue weighted by atomic mass is 16.5. The van der Waals surface area contributed by atoms with Gasteiger partial charge < -0.3 is 28.7 Å². The molecule has 43 heavy (non-hydrogen) atoms. The molecule has 6 rings (SSSR count). The Morgan fingerprint density at radius 2 is 1.67 bits per heavy atom. The lowest BCUT2D eigenvalue weighted by Gasteiger charge is -2.35. The smallest absolute Gasteiger partial charge is 0.256 e. The number of benzene rings is 2. The van der Waals surface area contributed by atoms with E-state index in [2.05, 4.69) is 24.8 Å². The number of methoxy groups -OCH3 is 2. The molecule has 3 aliphatic heterocycles. The lowest BCUT2D eigenvalue weighted by Crippen LogP contribution is -2.47. The summed E-state index contributed by atoms with van der Waals surface area (Å²) < 4.78 is 23.0. The summed E-state index contributed by atoms with van der Waals surface area (Å²) in [6.07, 6.45) is 7.43. The summed E-state index contributed by atoms with van der Waals surface area (Å²) in [4.78, 5) is 33.5. The van der Waals surface area contributed by atoms with Crippen molar-refractivity contribution >= 4 is 34.5 Å². The average Bonchev–Trinajstić information content (AvgIpc) is 3.47. The van der Waals surface area contributed by atoms with Crippen LogP contribution in [0.1, 0.15) is 43.0 Å². The molecule has 1 aromatic heterocycles. The largest absolute Gasteiger partial charge is 0.493 e. The van der Waals surface area contributed by atoms with Crippen LogP contribution in [0.25, 0.3) is 10.9 Å². The monoisotopic (exact) mass is 588 g/mol. The maximum atomic E-state index is 13.1. The Hall–Kier alpha value is -4.12. The van der Waals surface area contributed by atoms with E-state index in [1.165, 1.54) is 0 Å². The van der Waals surface area contributed by atoms with Crippen LogP contribution in [0.2, 0.25) is 0 Å². The number of hydrogen-bond acceptors (Lipinski definition) is 10. The van der Waals surface area contributed by atoms with E-state index in [-0.39, 0.29) is 11.9 Å². The summed E-state index contributed by atoms with van der Waals surface area (Å²) in [6, 6.07) is 7.61. The molecule has 0 saturated carbocycles. The Morgan fingerprint density at radius 3 is 2.47 bits per heavy atom. The topological polar surface area (TPSA) is 102 Å². The highest BCUT2D eigenvalue weighted by Crippen LogP contribution is 2.38. The van der Waals surface area contributed by atoms with Gasteiger partial charge in [-0.1, -0.05) is 0 Å². The number of piperazine rings is 1. The Labute approximate surface area is 252 Å². The fraction of sp³-hybridized carbons (Fsp3) is 0.500. The number of nitrogens with zero attached hydrogens (tertiary/aromatic N) is 6. The van der Waals surface area contributed by atoms with Crippen LogP contribution in [-0.2, 0) is 0 Å². The van der Waals surface area contributed by atoms with Gasteiger partial charge in [-0.3, -0.25) is 14.7 Å². The second-order valence-corrected chi connectivity index (χ2v) is 11.0. The molecule has 2 fully saturated rings. The molecule has 228 valence electrons. The number of carbonyl (C=O) groups is 1. The average molecular weight is 589 g/mol. The van der Waals surface area contributed by atoms with Crippen LogP contribution in [0.5, 0.6) is 23.0 Å². The highest BCUT2D eigenvalue weighted by Gasteiger charge is 2.32. The van der Waals surface area contributed by atoms with Crippen molar-refractivity contribution in [3.05, 3.63) is 36.2 Å². The van der Waals surface area contributed by atoms with Crippen LogP contribution in [0.4, 0.5) is 11.5 Å². The van der Waals surface area contributed by atoms with Gasteiger partial charge in [0.1, 0.15) is 12.1 Å². The molecular formula is C32H40N6O5. The minimum Gasteiger partial charge on any atom is -0.493 e. The minimum absolute atomic E-state index is 0.0169. The van der Waals surface area contributed by atoms with Crippen molar-refractivity contribution in [2.45, 2.75) is 38.6 Å². The first-order valence-corrected chi connectivity index (χ1v) is 15.2. The molecule has 3 aliphatic rings. The number of carbonyl (C=O) groups excluding carboxylic acids is 1. The van der Waals surface area contributed by atoms with E-state index in [0.717, 1.165) is 81.7 Å². The van der Waals surface area contributed by atoms with Gasteiger partial charge in [-0.25, -0.2) is 9.97 Å². The van der Waals surface area contributed by atoms with Crippen molar-refractivity contribution < 1.29 is 23.7 Å². The number of aliphatic imine (C=N–C) groups is 1. The lowest BCUT2D eigenvalue weighted by molar-refractivity contribution is 0.0774. The molecule has 11 heteroatoms. The minimum atomic E-state index is 0.0169. The zero-order valence-electron chi connectivity index (χ0n) is 25.3. The van der Waals surface area contributed by atoms with E-state index in [9.17, 15) is 4.79 Å². The number of anilines is 1. The molecule has 4 heterocycles. The zero-order valence-corrected chi connectivity index (χ0v) is 25.3. The molecule has 0 unspecified atom stereocenters. The number of fused-ring (bicyclic) bond motifs is 3. The summed E-state index contributed by atoms with van der Waals surface area (Å²) in [5.74, 6) is 3.53. The number of hydrogen-bond donors (Lipinski definition) is 0. The molecule has 0 aliphatic carbocycles. The van der Waals surface area contributed by atoms with Gasteiger partial charge in [-0.15, -0.1) is 0 Å². The predicted octanol–water partition coefficient (Wildman–Crippen LogP) is 4.35. The van der Waals surface area contributed by atoms with Gasteiger partial charge in [0.25, 0.3) is 5.91 Å². The van der Waals surface area contributed by atoms with Crippen LogP contribution in [-0.4, -0.2) is 105 Å². The molecule has 1 amide bonds. The van der Waals surface area contributed by atoms with Crippen LogP contribution in [0.15, 0.2) is 35.6 Å². The third kappa shape index (κ3) is 6.04. The summed E-state index contributed by atoms with van der Waals surface area (Å²) in [5.41, 5.74) is 2.08. The summed E-state index contributed by atoms with van der Waals surface area (Å²) >= 11 is 0. The molecular weight excluding hydrogens is 548 g/mol. The number of rotatable bonds is 11. The molecule has 2 aromatic carbocycles. The van der Waals surface area contributed by atoms with E-state index in [0.29, 0.717) is 47.5 Å². The molecule has 0 bridgehead atoms. The molecule has 1 atom stereocenters. The van der Waals surface area contributed by atoms with Crippen LogP contribution < -0.4 is 23.8 Å². The van der Waals surface area contributed by atoms with Crippen molar-refractivity contribution in [1.29, 1.82) is 0 Å². The SMILES string of the molecule is CCOc1cc2ncnc(N3CCN(CCCCOc4cc5c(cc4OC)C(=O)N4CCC[C@H]4C=N5)CC3)c2cc1OC.